The molecule has 1 fully saturated rings. The van der Waals surface area contributed by atoms with Crippen LogP contribution in [0.3, 0.4) is 0 Å². The Labute approximate surface area is 186 Å². The van der Waals surface area contributed by atoms with Crippen molar-refractivity contribution in [2.45, 2.75) is 46.0 Å². The highest BCUT2D eigenvalue weighted by atomic mass is 19.4. The van der Waals surface area contributed by atoms with Gasteiger partial charge in [-0.3, -0.25) is 9.59 Å². The summed E-state index contributed by atoms with van der Waals surface area (Å²) in [6, 6.07) is 10.4. The minimum Gasteiger partial charge on any atom is -0.339 e. The van der Waals surface area contributed by atoms with Crippen molar-refractivity contribution in [3.63, 3.8) is 0 Å². The molecule has 0 atom stereocenters. The maximum atomic E-state index is 12.9. The van der Waals surface area contributed by atoms with E-state index in [9.17, 15) is 22.8 Å². The van der Waals surface area contributed by atoms with Crippen molar-refractivity contribution in [1.29, 1.82) is 0 Å². The predicted octanol–water partition coefficient (Wildman–Crippen LogP) is 4.83. The zero-order valence-electron chi connectivity index (χ0n) is 18.3. The van der Waals surface area contributed by atoms with E-state index in [4.69, 9.17) is 0 Å². The van der Waals surface area contributed by atoms with Crippen LogP contribution >= 0.6 is 0 Å². The lowest BCUT2D eigenvalue weighted by Gasteiger charge is -2.18. The summed E-state index contributed by atoms with van der Waals surface area (Å²) < 4.78 is 38.8. The average molecular weight is 448 g/mol. The van der Waals surface area contributed by atoms with Crippen molar-refractivity contribution in [2.75, 3.05) is 18.4 Å². The van der Waals surface area contributed by atoms with Crippen LogP contribution in [0.15, 0.2) is 42.5 Å². The predicted molar refractivity (Wildman–Crippen MR) is 117 cm³/mol. The van der Waals surface area contributed by atoms with E-state index in [2.05, 4.69) is 10.6 Å². The molecule has 2 aromatic carbocycles. The zero-order chi connectivity index (χ0) is 23.3. The van der Waals surface area contributed by atoms with E-state index in [1.54, 1.807) is 43.0 Å². The zero-order valence-corrected chi connectivity index (χ0v) is 18.3. The minimum atomic E-state index is -4.39. The molecule has 1 aliphatic rings. The number of carbonyl (C=O) groups excluding carboxylic acids is 2. The first-order valence-corrected chi connectivity index (χ1v) is 10.7. The fourth-order valence-electron chi connectivity index (χ4n) is 3.59. The van der Waals surface area contributed by atoms with Gasteiger partial charge in [-0.25, -0.2) is 0 Å². The van der Waals surface area contributed by atoms with E-state index in [0.29, 0.717) is 36.4 Å². The molecule has 32 heavy (non-hydrogen) atoms. The highest BCUT2D eigenvalue weighted by Crippen LogP contribution is 2.29. The van der Waals surface area contributed by atoms with Crippen LogP contribution in [0.25, 0.3) is 0 Å². The standard InChI is InChI=1S/C24H28F3N3O2/c1-16(2)22(31)29-21-12-18(10-19(13-21)23(32)30-8-3-4-9-30)15-28-14-17-6-5-7-20(11-17)24(25,26)27/h5-7,10-13,16,28H,3-4,8-9,14-15H2,1-2H3,(H,29,31). The molecule has 0 unspecified atom stereocenters. The number of hydrogen-bond acceptors (Lipinski definition) is 3. The molecule has 2 N–H and O–H groups in total. The Morgan fingerprint density at radius 2 is 1.69 bits per heavy atom. The second-order valence-electron chi connectivity index (χ2n) is 8.36. The number of carbonyl (C=O) groups is 2. The second-order valence-corrected chi connectivity index (χ2v) is 8.36. The Balaban J connectivity index is 1.74. The number of rotatable bonds is 7. The Hall–Kier alpha value is -2.87. The van der Waals surface area contributed by atoms with Crippen LogP contribution in [0.2, 0.25) is 0 Å². The lowest BCUT2D eigenvalue weighted by Crippen LogP contribution is -2.28. The molecule has 8 heteroatoms. The Kier molecular flexibility index (Phi) is 7.56. The van der Waals surface area contributed by atoms with Crippen LogP contribution in [0.4, 0.5) is 18.9 Å². The van der Waals surface area contributed by atoms with Gasteiger partial charge < -0.3 is 15.5 Å². The normalized spacial score (nSPS) is 14.1. The summed E-state index contributed by atoms with van der Waals surface area (Å²) in [5.74, 6) is -0.448. The van der Waals surface area contributed by atoms with Crippen LogP contribution < -0.4 is 10.6 Å². The Bertz CT molecular complexity index is 967. The second kappa shape index (κ2) is 10.2. The van der Waals surface area contributed by atoms with Crippen molar-refractivity contribution in [3.05, 3.63) is 64.7 Å². The number of nitrogens with zero attached hydrogens (tertiary/aromatic N) is 1. The summed E-state index contributed by atoms with van der Waals surface area (Å²) in [6.45, 7) is 5.57. The highest BCUT2D eigenvalue weighted by Gasteiger charge is 2.30. The molecule has 2 aromatic rings. The summed E-state index contributed by atoms with van der Waals surface area (Å²) in [5, 5.41) is 5.97. The first-order chi connectivity index (χ1) is 15.1. The van der Waals surface area contributed by atoms with Crippen LogP contribution in [-0.2, 0) is 24.1 Å². The van der Waals surface area contributed by atoms with Gasteiger partial charge in [-0.1, -0.05) is 32.0 Å². The molecular weight excluding hydrogens is 419 g/mol. The van der Waals surface area contributed by atoms with Crippen molar-refractivity contribution < 1.29 is 22.8 Å². The first-order valence-electron chi connectivity index (χ1n) is 10.7. The van der Waals surface area contributed by atoms with Gasteiger partial charge in [0.05, 0.1) is 5.56 Å². The quantitative estimate of drug-likeness (QED) is 0.640. The van der Waals surface area contributed by atoms with Gasteiger partial charge >= 0.3 is 6.18 Å². The van der Waals surface area contributed by atoms with Crippen molar-refractivity contribution >= 4 is 17.5 Å². The average Bonchev–Trinajstić information content (AvgIpc) is 3.27. The molecule has 0 bridgehead atoms. The number of hydrogen-bond donors (Lipinski definition) is 2. The van der Waals surface area contributed by atoms with Gasteiger partial charge in [-0.15, -0.1) is 0 Å². The fraction of sp³-hybridized carbons (Fsp3) is 0.417. The van der Waals surface area contributed by atoms with E-state index < -0.39 is 11.7 Å². The van der Waals surface area contributed by atoms with Gasteiger partial charge in [0.15, 0.2) is 0 Å². The van der Waals surface area contributed by atoms with Crippen LogP contribution in [0.1, 0.15) is 53.7 Å². The van der Waals surface area contributed by atoms with Crippen molar-refractivity contribution in [3.8, 4) is 0 Å². The molecule has 1 aliphatic heterocycles. The number of alkyl halides is 3. The molecule has 0 radical (unpaired) electrons. The third-order valence-corrected chi connectivity index (χ3v) is 5.34. The molecule has 3 rings (SSSR count). The first kappa shape index (κ1) is 23.8. The SMILES string of the molecule is CC(C)C(=O)Nc1cc(CNCc2cccc(C(F)(F)F)c2)cc(C(=O)N2CCCC2)c1. The maximum absolute atomic E-state index is 12.9. The van der Waals surface area contributed by atoms with Crippen LogP contribution in [0.5, 0.6) is 0 Å². The number of benzene rings is 2. The topological polar surface area (TPSA) is 61.4 Å². The largest absolute Gasteiger partial charge is 0.416 e. The van der Waals surface area contributed by atoms with E-state index >= 15 is 0 Å². The van der Waals surface area contributed by atoms with Crippen molar-refractivity contribution in [1.82, 2.24) is 10.2 Å². The number of amides is 2. The molecule has 172 valence electrons. The molecule has 0 spiro atoms. The molecule has 1 heterocycles. The van der Waals surface area contributed by atoms with Gasteiger partial charge in [0.25, 0.3) is 5.91 Å². The number of halogens is 3. The fourth-order valence-corrected chi connectivity index (χ4v) is 3.59. The smallest absolute Gasteiger partial charge is 0.339 e. The highest BCUT2D eigenvalue weighted by molar-refractivity contribution is 5.98. The third-order valence-electron chi connectivity index (χ3n) is 5.34. The van der Waals surface area contributed by atoms with E-state index in [1.165, 1.54) is 6.07 Å². The summed E-state index contributed by atoms with van der Waals surface area (Å²) in [4.78, 5) is 26.8. The summed E-state index contributed by atoms with van der Waals surface area (Å²) >= 11 is 0. The van der Waals surface area contributed by atoms with E-state index in [0.717, 1.165) is 30.5 Å². The summed E-state index contributed by atoms with van der Waals surface area (Å²) in [6.07, 6.45) is -2.44. The summed E-state index contributed by atoms with van der Waals surface area (Å²) in [7, 11) is 0. The van der Waals surface area contributed by atoms with E-state index in [-0.39, 0.29) is 24.3 Å². The molecular formula is C24H28F3N3O2. The van der Waals surface area contributed by atoms with Gasteiger partial charge in [0.1, 0.15) is 0 Å². The van der Waals surface area contributed by atoms with Crippen molar-refractivity contribution in [2.24, 2.45) is 5.92 Å². The minimum absolute atomic E-state index is 0.0812. The molecule has 1 saturated heterocycles. The van der Waals surface area contributed by atoms with Gasteiger partial charge in [-0.2, -0.15) is 13.2 Å². The van der Waals surface area contributed by atoms with Crippen LogP contribution in [0, 0.1) is 5.92 Å². The van der Waals surface area contributed by atoms with Crippen LogP contribution in [-0.4, -0.2) is 29.8 Å². The molecule has 2 amide bonds. The molecule has 5 nitrogen and oxygen atoms in total. The molecule has 0 aliphatic carbocycles. The number of likely N-dealkylation sites (tertiary alicyclic amines) is 1. The third kappa shape index (κ3) is 6.32. The lowest BCUT2D eigenvalue weighted by molar-refractivity contribution is -0.137. The monoisotopic (exact) mass is 447 g/mol. The Morgan fingerprint density at radius 1 is 1.00 bits per heavy atom. The van der Waals surface area contributed by atoms with Gasteiger partial charge in [0.2, 0.25) is 5.91 Å². The summed E-state index contributed by atoms with van der Waals surface area (Å²) in [5.41, 5.74) is 1.61. The molecule has 0 aromatic heterocycles. The van der Waals surface area contributed by atoms with Gasteiger partial charge in [-0.05, 0) is 48.2 Å². The number of anilines is 1. The number of nitrogens with one attached hydrogen (secondary N) is 2. The maximum Gasteiger partial charge on any atom is 0.416 e. The molecule has 0 saturated carbocycles. The van der Waals surface area contributed by atoms with E-state index in [1.807, 2.05) is 0 Å². The lowest BCUT2D eigenvalue weighted by atomic mass is 10.1. The van der Waals surface area contributed by atoms with Gasteiger partial charge in [0, 0.05) is 43.3 Å². The Morgan fingerprint density at radius 3 is 2.34 bits per heavy atom.